The number of amides is 2. The highest BCUT2D eigenvalue weighted by molar-refractivity contribution is 6.42. The zero-order chi connectivity index (χ0) is 18.6. The molecule has 0 saturated heterocycles. The molecule has 0 unspecified atom stereocenters. The summed E-state index contributed by atoms with van der Waals surface area (Å²) >= 11 is 12.2. The maximum absolute atomic E-state index is 12.4. The van der Waals surface area contributed by atoms with Crippen molar-refractivity contribution in [2.24, 2.45) is 5.73 Å². The zero-order valence-corrected chi connectivity index (χ0v) is 15.4. The van der Waals surface area contributed by atoms with Gasteiger partial charge in [-0.15, -0.1) is 0 Å². The number of nitrogens with two attached hydrogens (primary N) is 1. The van der Waals surface area contributed by atoms with Crippen LogP contribution < -0.4 is 11.1 Å². The molecular formula is C18H19Cl2N3O2. The van der Waals surface area contributed by atoms with Crippen LogP contribution >= 0.6 is 23.2 Å². The molecule has 5 nitrogen and oxygen atoms in total. The normalized spacial score (nSPS) is 12.0. The molecule has 1 atom stereocenters. The summed E-state index contributed by atoms with van der Waals surface area (Å²) in [6.45, 7) is 2.28. The lowest BCUT2D eigenvalue weighted by Crippen LogP contribution is -2.39. The molecule has 0 aliphatic heterocycles. The third-order valence-electron chi connectivity index (χ3n) is 3.93. The van der Waals surface area contributed by atoms with Crippen molar-refractivity contribution in [3.05, 3.63) is 63.6 Å². The number of likely N-dealkylation sites (N-methyl/N-ethyl adjacent to an activating group) is 1. The van der Waals surface area contributed by atoms with E-state index in [9.17, 15) is 9.59 Å². The molecule has 0 fully saturated rings. The standard InChI is InChI=1S/C18H19Cl2N3O2/c1-11(23(2)10-13-4-3-5-15(19)16(13)20)18(25)22-14-8-6-12(7-9-14)17(21)24/h3-9,11H,10H2,1-2H3,(H2,21,24)(H,22,25)/t11-/m0/s1. The molecule has 132 valence electrons. The van der Waals surface area contributed by atoms with Crippen LogP contribution in [0.1, 0.15) is 22.8 Å². The SMILES string of the molecule is C[C@@H](C(=O)Nc1ccc(C(N)=O)cc1)N(C)Cc1cccc(Cl)c1Cl. The number of rotatable bonds is 6. The quantitative estimate of drug-likeness (QED) is 0.805. The summed E-state index contributed by atoms with van der Waals surface area (Å²) < 4.78 is 0. The van der Waals surface area contributed by atoms with Crippen LogP contribution in [0.3, 0.4) is 0 Å². The van der Waals surface area contributed by atoms with E-state index in [2.05, 4.69) is 5.32 Å². The zero-order valence-electron chi connectivity index (χ0n) is 13.9. The first-order chi connectivity index (χ1) is 11.8. The van der Waals surface area contributed by atoms with Crippen LogP contribution in [0.4, 0.5) is 5.69 Å². The van der Waals surface area contributed by atoms with Gasteiger partial charge in [0.25, 0.3) is 0 Å². The number of carbonyl (C=O) groups excluding carboxylic acids is 2. The van der Waals surface area contributed by atoms with Gasteiger partial charge in [0.15, 0.2) is 0 Å². The number of hydrogen-bond donors (Lipinski definition) is 2. The van der Waals surface area contributed by atoms with E-state index in [4.69, 9.17) is 28.9 Å². The van der Waals surface area contributed by atoms with Crippen molar-refractivity contribution >= 4 is 40.7 Å². The van der Waals surface area contributed by atoms with Crippen LogP contribution in [0.15, 0.2) is 42.5 Å². The maximum Gasteiger partial charge on any atom is 0.248 e. The maximum atomic E-state index is 12.4. The highest BCUT2D eigenvalue weighted by Crippen LogP contribution is 2.26. The Balaban J connectivity index is 2.01. The largest absolute Gasteiger partial charge is 0.366 e. The molecule has 0 aliphatic carbocycles. The first kappa shape index (κ1) is 19.2. The van der Waals surface area contributed by atoms with Crippen molar-refractivity contribution in [2.75, 3.05) is 12.4 Å². The molecule has 0 bridgehead atoms. The summed E-state index contributed by atoms with van der Waals surface area (Å²) in [7, 11) is 1.83. The van der Waals surface area contributed by atoms with Crippen LogP contribution in [0.2, 0.25) is 10.0 Å². The highest BCUT2D eigenvalue weighted by Gasteiger charge is 2.19. The Labute approximate surface area is 156 Å². The average Bonchev–Trinajstić information content (AvgIpc) is 2.58. The van der Waals surface area contributed by atoms with Gasteiger partial charge in [-0.05, 0) is 49.9 Å². The Morgan fingerprint density at radius 2 is 1.80 bits per heavy atom. The summed E-state index contributed by atoms with van der Waals surface area (Å²) in [4.78, 5) is 25.3. The Kier molecular flexibility index (Phi) is 6.42. The lowest BCUT2D eigenvalue weighted by atomic mass is 10.1. The Hall–Kier alpha value is -2.08. The predicted octanol–water partition coefficient (Wildman–Crippen LogP) is 3.55. The van der Waals surface area contributed by atoms with Crippen LogP contribution in [0, 0.1) is 0 Å². The number of halogens is 2. The Morgan fingerprint density at radius 1 is 1.16 bits per heavy atom. The van der Waals surface area contributed by atoms with Crippen LogP contribution in [0.5, 0.6) is 0 Å². The summed E-state index contributed by atoms with van der Waals surface area (Å²) in [6.07, 6.45) is 0. The first-order valence-corrected chi connectivity index (χ1v) is 8.39. The van der Waals surface area contributed by atoms with Gasteiger partial charge in [-0.25, -0.2) is 0 Å². The molecule has 2 aromatic rings. The topological polar surface area (TPSA) is 75.4 Å². The molecule has 0 heterocycles. The summed E-state index contributed by atoms with van der Waals surface area (Å²) in [5.74, 6) is -0.683. The van der Waals surface area contributed by atoms with Crippen LogP contribution in [0.25, 0.3) is 0 Å². The third-order valence-corrected chi connectivity index (χ3v) is 4.79. The Morgan fingerprint density at radius 3 is 2.40 bits per heavy atom. The molecule has 2 rings (SSSR count). The van der Waals surface area contributed by atoms with Gasteiger partial charge in [-0.3, -0.25) is 14.5 Å². The van der Waals surface area contributed by atoms with Crippen molar-refractivity contribution < 1.29 is 9.59 Å². The molecule has 0 saturated carbocycles. The Bertz CT molecular complexity index is 778. The molecule has 2 amide bonds. The number of nitrogens with one attached hydrogen (secondary N) is 1. The fourth-order valence-electron chi connectivity index (χ4n) is 2.24. The van der Waals surface area contributed by atoms with Gasteiger partial charge in [0.1, 0.15) is 0 Å². The number of nitrogens with zero attached hydrogens (tertiary/aromatic N) is 1. The molecule has 3 N–H and O–H groups in total. The first-order valence-electron chi connectivity index (χ1n) is 7.63. The van der Waals surface area contributed by atoms with Crippen molar-refractivity contribution in [2.45, 2.75) is 19.5 Å². The monoisotopic (exact) mass is 379 g/mol. The van der Waals surface area contributed by atoms with Gasteiger partial charge in [0.2, 0.25) is 11.8 Å². The summed E-state index contributed by atoms with van der Waals surface area (Å²) in [6, 6.07) is 11.4. The second-order valence-electron chi connectivity index (χ2n) is 5.73. The van der Waals surface area contributed by atoms with E-state index >= 15 is 0 Å². The molecular weight excluding hydrogens is 361 g/mol. The van der Waals surface area contributed by atoms with Gasteiger partial charge in [0.05, 0.1) is 16.1 Å². The van der Waals surface area contributed by atoms with Crippen LogP contribution in [-0.2, 0) is 11.3 Å². The summed E-state index contributed by atoms with van der Waals surface area (Å²) in [5, 5.41) is 3.79. The summed E-state index contributed by atoms with van der Waals surface area (Å²) in [5.41, 5.74) is 7.03. The molecule has 2 aromatic carbocycles. The van der Waals surface area contributed by atoms with E-state index in [-0.39, 0.29) is 5.91 Å². The lowest BCUT2D eigenvalue weighted by Gasteiger charge is -2.24. The van der Waals surface area contributed by atoms with Gasteiger partial charge in [-0.2, -0.15) is 0 Å². The van der Waals surface area contributed by atoms with Crippen molar-refractivity contribution in [3.8, 4) is 0 Å². The van der Waals surface area contributed by atoms with E-state index in [1.807, 2.05) is 24.1 Å². The fourth-order valence-corrected chi connectivity index (χ4v) is 2.62. The molecule has 7 heteroatoms. The van der Waals surface area contributed by atoms with Crippen molar-refractivity contribution in [1.29, 1.82) is 0 Å². The average molecular weight is 380 g/mol. The van der Waals surface area contributed by atoms with E-state index in [0.717, 1.165) is 5.56 Å². The van der Waals surface area contributed by atoms with Gasteiger partial charge < -0.3 is 11.1 Å². The second-order valence-corrected chi connectivity index (χ2v) is 6.52. The molecule has 0 spiro atoms. The third kappa shape index (κ3) is 4.95. The van der Waals surface area contributed by atoms with Crippen molar-refractivity contribution in [1.82, 2.24) is 4.90 Å². The van der Waals surface area contributed by atoms with Gasteiger partial charge >= 0.3 is 0 Å². The fraction of sp³-hybridized carbons (Fsp3) is 0.222. The van der Waals surface area contributed by atoms with Crippen LogP contribution in [-0.4, -0.2) is 29.8 Å². The molecule has 0 aromatic heterocycles. The minimum absolute atomic E-state index is 0.174. The smallest absolute Gasteiger partial charge is 0.248 e. The molecule has 25 heavy (non-hydrogen) atoms. The lowest BCUT2D eigenvalue weighted by molar-refractivity contribution is -0.120. The van der Waals surface area contributed by atoms with E-state index < -0.39 is 11.9 Å². The minimum atomic E-state index is -0.510. The molecule has 0 radical (unpaired) electrons. The predicted molar refractivity (Wildman–Crippen MR) is 101 cm³/mol. The number of anilines is 1. The number of primary amides is 1. The van der Waals surface area contributed by atoms with Gasteiger partial charge in [-0.1, -0.05) is 35.3 Å². The number of carbonyl (C=O) groups is 2. The number of benzene rings is 2. The second kappa shape index (κ2) is 8.34. The highest BCUT2D eigenvalue weighted by atomic mass is 35.5. The van der Waals surface area contributed by atoms with E-state index in [0.29, 0.717) is 27.8 Å². The number of hydrogen-bond acceptors (Lipinski definition) is 3. The van der Waals surface area contributed by atoms with E-state index in [1.165, 1.54) is 0 Å². The van der Waals surface area contributed by atoms with Gasteiger partial charge in [0, 0.05) is 17.8 Å². The van der Waals surface area contributed by atoms with E-state index in [1.54, 1.807) is 37.3 Å². The molecule has 0 aliphatic rings. The minimum Gasteiger partial charge on any atom is -0.366 e. The van der Waals surface area contributed by atoms with Crippen molar-refractivity contribution in [3.63, 3.8) is 0 Å².